The van der Waals surface area contributed by atoms with Crippen molar-refractivity contribution < 1.29 is 49.2 Å². The molecule has 0 radical (unpaired) electrons. The lowest BCUT2D eigenvalue weighted by atomic mass is 10.0. The standard InChI is InChI=1S/C22H30N4O10S/c1-37-7-6-14(24-19(32)13(23)8-11-2-4-12(27)5-3-11)20(33)25-15(9-17(28)29)21(34)26-16(22(35)36)10-18(30)31/h2-5,13-16,27H,6-10,23H2,1H3,(H,24,32)(H,25,33)(H,26,34)(H,28,29)(H,30,31)(H,35,36). The molecular formula is C22H30N4O10S. The number of rotatable bonds is 16. The fraction of sp³-hybridized carbons (Fsp3) is 0.455. The number of benzene rings is 1. The SMILES string of the molecule is CSCCC(NC(=O)C(N)Cc1ccc(O)cc1)C(=O)NC(CC(=O)O)C(=O)NC(CC(=O)O)C(=O)O. The van der Waals surface area contributed by atoms with E-state index in [2.05, 4.69) is 10.6 Å². The van der Waals surface area contributed by atoms with Crippen LogP contribution in [0.4, 0.5) is 0 Å². The normalized spacial score (nSPS) is 13.9. The highest BCUT2D eigenvalue weighted by atomic mass is 32.2. The van der Waals surface area contributed by atoms with E-state index in [9.17, 15) is 33.9 Å². The zero-order valence-corrected chi connectivity index (χ0v) is 20.7. The van der Waals surface area contributed by atoms with Gasteiger partial charge < -0.3 is 42.1 Å². The van der Waals surface area contributed by atoms with Gasteiger partial charge in [-0.3, -0.25) is 24.0 Å². The molecular weight excluding hydrogens is 512 g/mol. The second-order valence-corrected chi connectivity index (χ2v) is 8.96. The van der Waals surface area contributed by atoms with E-state index in [1.165, 1.54) is 23.9 Å². The predicted octanol–water partition coefficient (Wildman–Crippen LogP) is -1.50. The average Bonchev–Trinajstić information content (AvgIpc) is 2.81. The van der Waals surface area contributed by atoms with Gasteiger partial charge in [0.25, 0.3) is 0 Å². The number of hydrogen-bond donors (Lipinski definition) is 8. The highest BCUT2D eigenvalue weighted by molar-refractivity contribution is 7.98. The Hall–Kier alpha value is -3.85. The monoisotopic (exact) mass is 542 g/mol. The number of carboxylic acids is 3. The van der Waals surface area contributed by atoms with Crippen LogP contribution in [0.1, 0.15) is 24.8 Å². The van der Waals surface area contributed by atoms with Crippen molar-refractivity contribution in [2.45, 2.75) is 49.9 Å². The summed E-state index contributed by atoms with van der Waals surface area (Å²) in [6.45, 7) is 0. The van der Waals surface area contributed by atoms with Gasteiger partial charge in [0.2, 0.25) is 17.7 Å². The van der Waals surface area contributed by atoms with E-state index in [-0.39, 0.29) is 18.6 Å². The maximum Gasteiger partial charge on any atom is 0.326 e. The molecule has 0 saturated carbocycles. The molecule has 0 aliphatic carbocycles. The van der Waals surface area contributed by atoms with Crippen LogP contribution in [0.2, 0.25) is 0 Å². The van der Waals surface area contributed by atoms with E-state index < -0.39 is 72.6 Å². The van der Waals surface area contributed by atoms with Crippen LogP contribution in [0.15, 0.2) is 24.3 Å². The number of hydrogen-bond acceptors (Lipinski definition) is 9. The third kappa shape index (κ3) is 11.6. The second-order valence-electron chi connectivity index (χ2n) is 7.98. The Morgan fingerprint density at radius 3 is 1.81 bits per heavy atom. The lowest BCUT2D eigenvalue weighted by Gasteiger charge is -2.24. The van der Waals surface area contributed by atoms with Gasteiger partial charge in [-0.2, -0.15) is 11.8 Å². The van der Waals surface area contributed by atoms with Gasteiger partial charge in [0.15, 0.2) is 0 Å². The van der Waals surface area contributed by atoms with Gasteiger partial charge in [-0.25, -0.2) is 4.79 Å². The highest BCUT2D eigenvalue weighted by Crippen LogP contribution is 2.11. The van der Waals surface area contributed by atoms with Crippen LogP contribution in [-0.4, -0.2) is 92.2 Å². The molecule has 14 nitrogen and oxygen atoms in total. The molecule has 4 unspecified atom stereocenters. The number of phenols is 1. The van der Waals surface area contributed by atoms with Gasteiger partial charge in [0.1, 0.15) is 23.9 Å². The molecule has 3 amide bonds. The molecule has 204 valence electrons. The second kappa shape index (κ2) is 15.3. The molecule has 9 N–H and O–H groups in total. The number of phenolic OH excluding ortho intramolecular Hbond substituents is 1. The van der Waals surface area contributed by atoms with Crippen LogP contribution < -0.4 is 21.7 Å². The first-order valence-corrected chi connectivity index (χ1v) is 12.3. The maximum atomic E-state index is 12.9. The number of aromatic hydroxyl groups is 1. The van der Waals surface area contributed by atoms with Crippen molar-refractivity contribution in [3.8, 4) is 5.75 Å². The van der Waals surface area contributed by atoms with Crippen molar-refractivity contribution in [2.75, 3.05) is 12.0 Å². The minimum atomic E-state index is -1.86. The first-order valence-electron chi connectivity index (χ1n) is 10.9. The molecule has 1 aromatic carbocycles. The molecule has 0 aliphatic heterocycles. The quantitative estimate of drug-likeness (QED) is 0.119. The third-order valence-corrected chi connectivity index (χ3v) is 5.62. The Morgan fingerprint density at radius 2 is 1.30 bits per heavy atom. The molecule has 4 atom stereocenters. The molecule has 0 aliphatic rings. The summed E-state index contributed by atoms with van der Waals surface area (Å²) in [5.74, 6) is -7.06. The number of carboxylic acid groups (broad SMARTS) is 3. The minimum absolute atomic E-state index is 0.0353. The predicted molar refractivity (Wildman–Crippen MR) is 131 cm³/mol. The average molecular weight is 543 g/mol. The zero-order valence-electron chi connectivity index (χ0n) is 19.9. The van der Waals surface area contributed by atoms with Crippen molar-refractivity contribution >= 4 is 47.4 Å². The third-order valence-electron chi connectivity index (χ3n) is 4.98. The number of amides is 3. The highest BCUT2D eigenvalue weighted by Gasteiger charge is 2.32. The lowest BCUT2D eigenvalue weighted by molar-refractivity contribution is -0.148. The summed E-state index contributed by atoms with van der Waals surface area (Å²) in [6, 6.07) is 0.113. The first kappa shape index (κ1) is 31.2. The van der Waals surface area contributed by atoms with Crippen LogP contribution in [0.5, 0.6) is 5.75 Å². The van der Waals surface area contributed by atoms with Crippen molar-refractivity contribution in [2.24, 2.45) is 5.73 Å². The summed E-state index contributed by atoms with van der Waals surface area (Å²) in [5, 5.41) is 43.0. The van der Waals surface area contributed by atoms with Gasteiger partial charge in [-0.1, -0.05) is 12.1 Å². The minimum Gasteiger partial charge on any atom is -0.508 e. The van der Waals surface area contributed by atoms with Crippen molar-refractivity contribution in [1.82, 2.24) is 16.0 Å². The van der Waals surface area contributed by atoms with Crippen LogP contribution in [0, 0.1) is 0 Å². The largest absolute Gasteiger partial charge is 0.508 e. The lowest BCUT2D eigenvalue weighted by Crippen LogP contribution is -2.57. The van der Waals surface area contributed by atoms with Crippen molar-refractivity contribution in [3.05, 3.63) is 29.8 Å². The van der Waals surface area contributed by atoms with E-state index in [0.29, 0.717) is 11.3 Å². The Kier molecular flexibility index (Phi) is 12.9. The Bertz CT molecular complexity index is 988. The Labute approximate surface area is 216 Å². The number of nitrogens with one attached hydrogen (secondary N) is 3. The van der Waals surface area contributed by atoms with Gasteiger partial charge in [-0.15, -0.1) is 0 Å². The summed E-state index contributed by atoms with van der Waals surface area (Å²) in [7, 11) is 0. The van der Waals surface area contributed by atoms with E-state index in [4.69, 9.17) is 21.1 Å². The first-order chi connectivity index (χ1) is 17.3. The molecule has 0 fully saturated rings. The van der Waals surface area contributed by atoms with E-state index in [1.807, 2.05) is 5.32 Å². The zero-order chi connectivity index (χ0) is 28.1. The van der Waals surface area contributed by atoms with Gasteiger partial charge in [0, 0.05) is 0 Å². The molecule has 0 spiro atoms. The Balaban J connectivity index is 2.96. The topological polar surface area (TPSA) is 245 Å². The van der Waals surface area contributed by atoms with Crippen molar-refractivity contribution in [3.63, 3.8) is 0 Å². The number of aliphatic carboxylic acids is 3. The summed E-state index contributed by atoms with van der Waals surface area (Å²) < 4.78 is 0. The van der Waals surface area contributed by atoms with E-state index in [1.54, 1.807) is 18.4 Å². The molecule has 0 bridgehead atoms. The summed E-state index contributed by atoms with van der Waals surface area (Å²) in [4.78, 5) is 71.4. The summed E-state index contributed by atoms with van der Waals surface area (Å²) in [6.07, 6.45) is 0.0409. The molecule has 15 heteroatoms. The van der Waals surface area contributed by atoms with E-state index in [0.717, 1.165) is 0 Å². The van der Waals surface area contributed by atoms with Crippen LogP contribution in [0.25, 0.3) is 0 Å². The molecule has 1 rings (SSSR count). The smallest absolute Gasteiger partial charge is 0.326 e. The fourth-order valence-electron chi connectivity index (χ4n) is 3.07. The summed E-state index contributed by atoms with van der Waals surface area (Å²) in [5.41, 5.74) is 6.60. The van der Waals surface area contributed by atoms with Gasteiger partial charge in [-0.05, 0) is 42.5 Å². The number of thioether (sulfide) groups is 1. The number of carbonyl (C=O) groups excluding carboxylic acids is 3. The van der Waals surface area contributed by atoms with Gasteiger partial charge >= 0.3 is 17.9 Å². The number of nitrogens with two attached hydrogens (primary N) is 1. The van der Waals surface area contributed by atoms with Crippen LogP contribution in [-0.2, 0) is 35.2 Å². The van der Waals surface area contributed by atoms with Crippen LogP contribution in [0.3, 0.4) is 0 Å². The maximum absolute atomic E-state index is 12.9. The molecule has 0 saturated heterocycles. The molecule has 37 heavy (non-hydrogen) atoms. The molecule has 1 aromatic rings. The van der Waals surface area contributed by atoms with Gasteiger partial charge in [0.05, 0.1) is 18.9 Å². The van der Waals surface area contributed by atoms with Crippen molar-refractivity contribution in [1.29, 1.82) is 0 Å². The van der Waals surface area contributed by atoms with Crippen LogP contribution >= 0.6 is 11.8 Å². The fourth-order valence-corrected chi connectivity index (χ4v) is 3.54. The molecule has 0 heterocycles. The summed E-state index contributed by atoms with van der Waals surface area (Å²) >= 11 is 1.36. The number of carbonyl (C=O) groups is 6. The Morgan fingerprint density at radius 1 is 0.811 bits per heavy atom. The van der Waals surface area contributed by atoms with E-state index >= 15 is 0 Å². The molecule has 0 aromatic heterocycles.